The number of furan rings is 1. The third-order valence-corrected chi connectivity index (χ3v) is 4.87. The molecule has 0 bridgehead atoms. The number of halogens is 4. The molecule has 0 radical (unpaired) electrons. The molecule has 10 heteroatoms. The zero-order chi connectivity index (χ0) is 17.1. The molecule has 1 unspecified atom stereocenters. The van der Waals surface area contributed by atoms with Crippen molar-refractivity contribution in [2.45, 2.75) is 37.9 Å². The largest absolute Gasteiger partial charge is 0.455 e. The molecule has 2 aromatic heterocycles. The second-order valence-corrected chi connectivity index (χ2v) is 6.56. The minimum atomic E-state index is -4.22. The first-order valence-corrected chi connectivity index (χ1v) is 7.98. The number of hydrogen-bond acceptors (Lipinski definition) is 6. The van der Waals surface area contributed by atoms with E-state index in [1.165, 1.54) is 0 Å². The molecule has 138 valence electrons. The van der Waals surface area contributed by atoms with E-state index >= 15 is 0 Å². The van der Waals surface area contributed by atoms with Crippen LogP contribution in [0.25, 0.3) is 11.1 Å². The quantitative estimate of drug-likeness (QED) is 0.792. The zero-order valence-electron chi connectivity index (χ0n) is 13.3. The maximum Gasteiger partial charge on any atom is 0.392 e. The third kappa shape index (κ3) is 3.10. The smallest absolute Gasteiger partial charge is 0.392 e. The molecule has 1 saturated heterocycles. The number of aromatic nitrogens is 2. The number of rotatable bonds is 1. The molecule has 2 aliphatic rings. The molecule has 1 aliphatic carbocycles. The van der Waals surface area contributed by atoms with E-state index in [1.807, 2.05) is 4.90 Å². The van der Waals surface area contributed by atoms with Crippen LogP contribution in [0.1, 0.15) is 24.2 Å². The van der Waals surface area contributed by atoms with Crippen LogP contribution in [0.15, 0.2) is 4.42 Å². The van der Waals surface area contributed by atoms with Crippen molar-refractivity contribution in [1.82, 2.24) is 9.97 Å². The Morgan fingerprint density at radius 3 is 2.60 bits per heavy atom. The van der Waals surface area contributed by atoms with Gasteiger partial charge in [-0.2, -0.15) is 18.2 Å². The van der Waals surface area contributed by atoms with Gasteiger partial charge in [0.1, 0.15) is 11.3 Å². The average molecular weight is 378 g/mol. The van der Waals surface area contributed by atoms with Crippen molar-refractivity contribution in [3.05, 3.63) is 11.3 Å². The molecule has 2 atom stereocenters. The lowest BCUT2D eigenvalue weighted by atomic mass is 9.87. The lowest BCUT2D eigenvalue weighted by Crippen LogP contribution is -2.28. The van der Waals surface area contributed by atoms with E-state index in [0.29, 0.717) is 41.3 Å². The van der Waals surface area contributed by atoms with Crippen LogP contribution < -0.4 is 16.4 Å². The van der Waals surface area contributed by atoms with Gasteiger partial charge in [0.15, 0.2) is 11.4 Å². The van der Waals surface area contributed by atoms with Crippen LogP contribution >= 0.6 is 12.4 Å². The maximum absolute atomic E-state index is 13.1. The highest BCUT2D eigenvalue weighted by Gasteiger charge is 2.43. The lowest BCUT2D eigenvalue weighted by Gasteiger charge is -2.23. The van der Waals surface area contributed by atoms with Gasteiger partial charge in [0, 0.05) is 31.1 Å². The molecule has 0 aromatic carbocycles. The molecule has 2 aromatic rings. The maximum atomic E-state index is 13.1. The van der Waals surface area contributed by atoms with E-state index in [2.05, 4.69) is 9.97 Å². The molecule has 25 heavy (non-hydrogen) atoms. The van der Waals surface area contributed by atoms with Gasteiger partial charge >= 0.3 is 6.18 Å². The van der Waals surface area contributed by atoms with E-state index in [0.717, 1.165) is 6.42 Å². The fraction of sp³-hybridized carbons (Fsp3) is 0.600. The summed E-state index contributed by atoms with van der Waals surface area (Å²) in [5.41, 5.74) is 13.1. The van der Waals surface area contributed by atoms with Gasteiger partial charge in [0.05, 0.1) is 5.92 Å². The SMILES string of the molecule is Cl.Nc1nc(N2CC[C@@H](N)C2)c2oc3c(c2n1)CC(C(F)(F)F)CC3. The lowest BCUT2D eigenvalue weighted by molar-refractivity contribution is -0.177. The van der Waals surface area contributed by atoms with Crippen molar-refractivity contribution in [3.8, 4) is 0 Å². The van der Waals surface area contributed by atoms with E-state index in [-0.39, 0.29) is 43.7 Å². The van der Waals surface area contributed by atoms with Crippen molar-refractivity contribution in [3.63, 3.8) is 0 Å². The van der Waals surface area contributed by atoms with Gasteiger partial charge in [0.25, 0.3) is 0 Å². The van der Waals surface area contributed by atoms with E-state index in [4.69, 9.17) is 15.9 Å². The van der Waals surface area contributed by atoms with Crippen molar-refractivity contribution in [2.75, 3.05) is 23.7 Å². The van der Waals surface area contributed by atoms with E-state index in [9.17, 15) is 13.2 Å². The van der Waals surface area contributed by atoms with Crippen LogP contribution in [-0.2, 0) is 12.8 Å². The highest BCUT2D eigenvalue weighted by atomic mass is 35.5. The van der Waals surface area contributed by atoms with Gasteiger partial charge in [-0.3, -0.25) is 0 Å². The Kier molecular flexibility index (Phi) is 4.48. The molecular formula is C15H19ClF3N5O. The van der Waals surface area contributed by atoms with Gasteiger partial charge in [-0.15, -0.1) is 12.4 Å². The zero-order valence-corrected chi connectivity index (χ0v) is 14.2. The summed E-state index contributed by atoms with van der Waals surface area (Å²) in [6, 6.07) is 0.0374. The van der Waals surface area contributed by atoms with Crippen LogP contribution in [0.3, 0.4) is 0 Å². The average Bonchev–Trinajstić information content (AvgIpc) is 3.09. The first kappa shape index (κ1) is 18.1. The van der Waals surface area contributed by atoms with Gasteiger partial charge in [-0.1, -0.05) is 0 Å². The Bertz CT molecular complexity index is 794. The van der Waals surface area contributed by atoms with Gasteiger partial charge < -0.3 is 20.8 Å². The van der Waals surface area contributed by atoms with Gasteiger partial charge in [-0.05, 0) is 19.3 Å². The summed E-state index contributed by atoms with van der Waals surface area (Å²) in [6.07, 6.45) is -3.24. The topological polar surface area (TPSA) is 94.2 Å². The van der Waals surface area contributed by atoms with E-state index in [1.54, 1.807) is 0 Å². The number of fused-ring (bicyclic) bond motifs is 3. The summed E-state index contributed by atoms with van der Waals surface area (Å²) in [5.74, 6) is -0.236. The molecule has 1 fully saturated rings. The van der Waals surface area contributed by atoms with Crippen LogP contribution in [0.5, 0.6) is 0 Å². The normalized spacial score (nSPS) is 23.6. The molecular weight excluding hydrogens is 359 g/mol. The van der Waals surface area contributed by atoms with E-state index < -0.39 is 12.1 Å². The number of nitrogens with two attached hydrogens (primary N) is 2. The number of aryl methyl sites for hydroxylation is 1. The number of anilines is 2. The fourth-order valence-corrected chi connectivity index (χ4v) is 3.61. The Morgan fingerprint density at radius 2 is 1.96 bits per heavy atom. The van der Waals surface area contributed by atoms with Crippen LogP contribution in [-0.4, -0.2) is 35.3 Å². The number of hydrogen-bond donors (Lipinski definition) is 2. The summed E-state index contributed by atoms with van der Waals surface area (Å²) in [7, 11) is 0. The predicted molar refractivity (Wildman–Crippen MR) is 89.8 cm³/mol. The third-order valence-electron chi connectivity index (χ3n) is 4.87. The Balaban J connectivity index is 0.00000182. The Hall–Kier alpha value is -1.74. The van der Waals surface area contributed by atoms with Crippen LogP contribution in [0.4, 0.5) is 24.9 Å². The van der Waals surface area contributed by atoms with Crippen molar-refractivity contribution < 1.29 is 17.6 Å². The highest BCUT2D eigenvalue weighted by molar-refractivity contribution is 5.89. The summed E-state index contributed by atoms with van der Waals surface area (Å²) in [4.78, 5) is 10.4. The summed E-state index contributed by atoms with van der Waals surface area (Å²) in [6.45, 7) is 1.32. The first-order valence-electron chi connectivity index (χ1n) is 7.98. The summed E-state index contributed by atoms with van der Waals surface area (Å²) in [5, 5.41) is 0. The molecule has 0 spiro atoms. The number of alkyl halides is 3. The fourth-order valence-electron chi connectivity index (χ4n) is 3.61. The number of nitrogens with zero attached hydrogens (tertiary/aromatic N) is 3. The Morgan fingerprint density at radius 1 is 1.20 bits per heavy atom. The minimum absolute atomic E-state index is 0. The highest BCUT2D eigenvalue weighted by Crippen LogP contribution is 2.42. The van der Waals surface area contributed by atoms with Crippen LogP contribution in [0.2, 0.25) is 0 Å². The first-order chi connectivity index (χ1) is 11.3. The standard InChI is InChI=1S/C15H18F3N5O.ClH/c16-15(17,18)7-1-2-10-9(5-7)11-12(24-10)13(22-14(20)21-11)23-4-3-8(19)6-23;/h7-8H,1-6,19H2,(H2,20,21,22);1H/t7?,8-;/m1./s1. The monoisotopic (exact) mass is 377 g/mol. The van der Waals surface area contributed by atoms with Crippen molar-refractivity contribution >= 4 is 35.3 Å². The molecule has 0 amide bonds. The molecule has 0 saturated carbocycles. The molecule has 1 aliphatic heterocycles. The molecule has 3 heterocycles. The van der Waals surface area contributed by atoms with Crippen molar-refractivity contribution in [1.29, 1.82) is 0 Å². The number of nitrogen functional groups attached to an aromatic ring is 1. The summed E-state index contributed by atoms with van der Waals surface area (Å²) >= 11 is 0. The predicted octanol–water partition coefficient (Wildman–Crippen LogP) is 2.43. The Labute approximate surface area is 148 Å². The second-order valence-electron chi connectivity index (χ2n) is 6.56. The van der Waals surface area contributed by atoms with Gasteiger partial charge in [-0.25, -0.2) is 4.98 Å². The molecule has 4 N–H and O–H groups in total. The molecule has 6 nitrogen and oxygen atoms in total. The second kappa shape index (κ2) is 6.21. The molecule has 4 rings (SSSR count). The van der Waals surface area contributed by atoms with Gasteiger partial charge in [0.2, 0.25) is 5.95 Å². The van der Waals surface area contributed by atoms with Crippen molar-refractivity contribution in [2.24, 2.45) is 11.7 Å². The minimum Gasteiger partial charge on any atom is -0.455 e. The van der Waals surface area contributed by atoms with Crippen LogP contribution in [0, 0.1) is 5.92 Å². The summed E-state index contributed by atoms with van der Waals surface area (Å²) < 4.78 is 45.1.